The highest BCUT2D eigenvalue weighted by molar-refractivity contribution is 5.81. The molecule has 1 aliphatic rings. The van der Waals surface area contributed by atoms with Gasteiger partial charge in [0, 0.05) is 31.9 Å². The third kappa shape index (κ3) is 5.84. The summed E-state index contributed by atoms with van der Waals surface area (Å²) in [6.07, 6.45) is 5.53. The van der Waals surface area contributed by atoms with E-state index in [1.54, 1.807) is 6.92 Å². The summed E-state index contributed by atoms with van der Waals surface area (Å²) in [5.41, 5.74) is 0. The van der Waals surface area contributed by atoms with Crippen molar-refractivity contribution < 1.29 is 14.3 Å². The molecule has 1 atom stereocenters. The van der Waals surface area contributed by atoms with Crippen LogP contribution in [0.5, 0.6) is 0 Å². The Morgan fingerprint density at radius 1 is 1.53 bits per heavy atom. The van der Waals surface area contributed by atoms with E-state index in [4.69, 9.17) is 9.47 Å². The minimum Gasteiger partial charge on any atom is -0.463 e. The molecular formula is C13H23NO3. The average Bonchev–Trinajstić information content (AvgIpc) is 2.36. The van der Waals surface area contributed by atoms with E-state index in [9.17, 15) is 4.79 Å². The first-order valence-electron chi connectivity index (χ1n) is 6.38. The fourth-order valence-electron chi connectivity index (χ4n) is 1.98. The lowest BCUT2D eigenvalue weighted by molar-refractivity contribution is -0.137. The van der Waals surface area contributed by atoms with Crippen LogP contribution in [-0.4, -0.2) is 38.4 Å². The molecule has 1 rings (SSSR count). The van der Waals surface area contributed by atoms with Crippen molar-refractivity contribution in [1.29, 1.82) is 0 Å². The van der Waals surface area contributed by atoms with E-state index in [0.717, 1.165) is 26.1 Å². The molecule has 1 saturated heterocycles. The number of nitrogens with one attached hydrogen (secondary N) is 1. The average molecular weight is 241 g/mol. The lowest BCUT2D eigenvalue weighted by Crippen LogP contribution is -2.36. The van der Waals surface area contributed by atoms with Crippen LogP contribution in [0.25, 0.3) is 0 Å². The first-order valence-corrected chi connectivity index (χ1v) is 6.38. The van der Waals surface area contributed by atoms with Crippen LogP contribution in [0.1, 0.15) is 26.7 Å². The van der Waals surface area contributed by atoms with Crippen molar-refractivity contribution in [3.8, 4) is 0 Å². The van der Waals surface area contributed by atoms with Crippen molar-refractivity contribution in [2.45, 2.75) is 32.7 Å². The molecule has 17 heavy (non-hydrogen) atoms. The molecule has 98 valence electrons. The monoisotopic (exact) mass is 241 g/mol. The molecule has 4 nitrogen and oxygen atoms in total. The van der Waals surface area contributed by atoms with Crippen LogP contribution < -0.4 is 5.32 Å². The second kappa shape index (κ2) is 8.25. The molecule has 0 spiro atoms. The summed E-state index contributed by atoms with van der Waals surface area (Å²) in [6, 6.07) is 0.464. The maximum absolute atomic E-state index is 11.0. The number of hydrogen-bond donors (Lipinski definition) is 1. The Morgan fingerprint density at radius 2 is 2.24 bits per heavy atom. The molecule has 0 radical (unpaired) electrons. The van der Waals surface area contributed by atoms with Crippen LogP contribution in [-0.2, 0) is 14.3 Å². The molecular weight excluding hydrogens is 218 g/mol. The highest BCUT2D eigenvalue weighted by Gasteiger charge is 2.19. The van der Waals surface area contributed by atoms with Crippen molar-refractivity contribution in [1.82, 2.24) is 5.32 Å². The van der Waals surface area contributed by atoms with Gasteiger partial charge in [-0.05, 0) is 32.6 Å². The zero-order valence-electron chi connectivity index (χ0n) is 10.8. The molecule has 0 bridgehead atoms. The van der Waals surface area contributed by atoms with Gasteiger partial charge in [-0.25, -0.2) is 4.79 Å². The predicted molar refractivity (Wildman–Crippen MR) is 66.8 cm³/mol. The molecule has 1 aliphatic heterocycles. The highest BCUT2D eigenvalue weighted by atomic mass is 16.5. The Bertz CT molecular complexity index is 247. The van der Waals surface area contributed by atoms with Crippen molar-refractivity contribution in [2.75, 3.05) is 26.4 Å². The van der Waals surface area contributed by atoms with Gasteiger partial charge in [-0.15, -0.1) is 0 Å². The van der Waals surface area contributed by atoms with Crippen LogP contribution >= 0.6 is 0 Å². The van der Waals surface area contributed by atoms with Crippen LogP contribution in [0.3, 0.4) is 0 Å². The highest BCUT2D eigenvalue weighted by Crippen LogP contribution is 2.18. The van der Waals surface area contributed by atoms with Gasteiger partial charge >= 0.3 is 5.97 Å². The molecule has 0 saturated carbocycles. The van der Waals surface area contributed by atoms with Gasteiger partial charge in [0.05, 0.1) is 6.61 Å². The van der Waals surface area contributed by atoms with Gasteiger partial charge < -0.3 is 14.8 Å². The Hall–Kier alpha value is -0.870. The topological polar surface area (TPSA) is 47.6 Å². The number of carbonyl (C=O) groups excluding carboxylic acids is 1. The van der Waals surface area contributed by atoms with Gasteiger partial charge in [-0.3, -0.25) is 0 Å². The lowest BCUT2D eigenvalue weighted by Gasteiger charge is -2.28. The van der Waals surface area contributed by atoms with E-state index >= 15 is 0 Å². The van der Waals surface area contributed by atoms with Gasteiger partial charge in [0.2, 0.25) is 0 Å². The molecule has 0 aromatic heterocycles. The smallest absolute Gasteiger partial charge is 0.330 e. The summed E-state index contributed by atoms with van der Waals surface area (Å²) < 4.78 is 10.1. The summed E-state index contributed by atoms with van der Waals surface area (Å²) in [7, 11) is 0. The third-order valence-electron chi connectivity index (χ3n) is 3.07. The minimum atomic E-state index is -0.270. The SMILES string of the molecule is CCOC(=O)/C=C/CNC(C)C1CCOCC1. The summed E-state index contributed by atoms with van der Waals surface area (Å²) >= 11 is 0. The fraction of sp³-hybridized carbons (Fsp3) is 0.769. The van der Waals surface area contributed by atoms with Crippen LogP contribution in [0.4, 0.5) is 0 Å². The van der Waals surface area contributed by atoms with E-state index in [-0.39, 0.29) is 5.97 Å². The van der Waals surface area contributed by atoms with Gasteiger partial charge in [0.25, 0.3) is 0 Å². The quantitative estimate of drug-likeness (QED) is 0.565. The predicted octanol–water partition coefficient (Wildman–Crippen LogP) is 1.51. The Kier molecular flexibility index (Phi) is 6.89. The van der Waals surface area contributed by atoms with Crippen molar-refractivity contribution in [2.24, 2.45) is 5.92 Å². The Labute approximate surface area is 103 Å². The van der Waals surface area contributed by atoms with Gasteiger partial charge in [-0.2, -0.15) is 0 Å². The second-order valence-corrected chi connectivity index (χ2v) is 4.30. The summed E-state index contributed by atoms with van der Waals surface area (Å²) in [5.74, 6) is 0.410. The summed E-state index contributed by atoms with van der Waals surface area (Å²) in [6.45, 7) is 6.86. The maximum Gasteiger partial charge on any atom is 0.330 e. The van der Waals surface area contributed by atoms with E-state index < -0.39 is 0 Å². The number of rotatable bonds is 6. The fourth-order valence-corrected chi connectivity index (χ4v) is 1.98. The first kappa shape index (κ1) is 14.2. The van der Waals surface area contributed by atoms with Crippen molar-refractivity contribution in [3.05, 3.63) is 12.2 Å². The van der Waals surface area contributed by atoms with Gasteiger partial charge in [0.1, 0.15) is 0 Å². The molecule has 0 aromatic rings. The molecule has 1 N–H and O–H groups in total. The van der Waals surface area contributed by atoms with E-state index in [1.807, 2.05) is 6.08 Å². The third-order valence-corrected chi connectivity index (χ3v) is 3.07. The standard InChI is InChI=1S/C13H23NO3/c1-3-17-13(15)5-4-8-14-11(2)12-6-9-16-10-7-12/h4-5,11-12,14H,3,6-10H2,1-2H3/b5-4+. The molecule has 0 aliphatic carbocycles. The largest absolute Gasteiger partial charge is 0.463 e. The molecule has 0 amide bonds. The van der Waals surface area contributed by atoms with Crippen molar-refractivity contribution >= 4 is 5.97 Å². The van der Waals surface area contributed by atoms with Crippen LogP contribution in [0.15, 0.2) is 12.2 Å². The van der Waals surface area contributed by atoms with Crippen LogP contribution in [0, 0.1) is 5.92 Å². The summed E-state index contributed by atoms with van der Waals surface area (Å²) in [4.78, 5) is 11.0. The van der Waals surface area contributed by atoms with Gasteiger partial charge in [-0.1, -0.05) is 6.08 Å². The molecule has 1 unspecified atom stereocenters. The lowest BCUT2D eigenvalue weighted by atomic mass is 9.93. The maximum atomic E-state index is 11.0. The normalized spacial score (nSPS) is 19.4. The van der Waals surface area contributed by atoms with Crippen molar-refractivity contribution in [3.63, 3.8) is 0 Å². The van der Waals surface area contributed by atoms with E-state index in [2.05, 4.69) is 12.2 Å². The zero-order valence-corrected chi connectivity index (χ0v) is 10.8. The van der Waals surface area contributed by atoms with E-state index in [0.29, 0.717) is 25.1 Å². The van der Waals surface area contributed by atoms with Crippen LogP contribution in [0.2, 0.25) is 0 Å². The number of ether oxygens (including phenoxy) is 2. The molecule has 1 heterocycles. The number of hydrogen-bond acceptors (Lipinski definition) is 4. The minimum absolute atomic E-state index is 0.270. The number of carbonyl (C=O) groups is 1. The molecule has 1 fully saturated rings. The van der Waals surface area contributed by atoms with E-state index in [1.165, 1.54) is 6.08 Å². The molecule has 0 aromatic carbocycles. The summed E-state index contributed by atoms with van der Waals surface area (Å²) in [5, 5.41) is 3.40. The number of esters is 1. The molecule has 4 heteroatoms. The van der Waals surface area contributed by atoms with Gasteiger partial charge in [0.15, 0.2) is 0 Å². The second-order valence-electron chi connectivity index (χ2n) is 4.30. The Morgan fingerprint density at radius 3 is 2.88 bits per heavy atom. The Balaban J connectivity index is 2.14. The zero-order chi connectivity index (χ0) is 12.5. The first-order chi connectivity index (χ1) is 8.24.